The smallest absolute Gasteiger partial charge is 0.225 e. The van der Waals surface area contributed by atoms with E-state index in [1.165, 1.54) is 31.2 Å². The summed E-state index contributed by atoms with van der Waals surface area (Å²) < 4.78 is 0. The van der Waals surface area contributed by atoms with Gasteiger partial charge in [-0.2, -0.15) is 4.98 Å². The lowest BCUT2D eigenvalue weighted by Gasteiger charge is -2.16. The summed E-state index contributed by atoms with van der Waals surface area (Å²) in [6, 6.07) is 13.0. The molecule has 1 aromatic heterocycles. The summed E-state index contributed by atoms with van der Waals surface area (Å²) in [5.41, 5.74) is 1.23. The predicted molar refractivity (Wildman–Crippen MR) is 86.4 cm³/mol. The SMILES string of the molecule is CC(Nc1nccc(NC2CCCC2)n1)c1ccccc1. The summed E-state index contributed by atoms with van der Waals surface area (Å²) in [5.74, 6) is 1.59. The molecule has 0 bridgehead atoms. The molecule has 0 saturated heterocycles. The fourth-order valence-electron chi connectivity index (χ4n) is 2.81. The molecule has 0 radical (unpaired) electrons. The molecule has 2 aromatic rings. The van der Waals surface area contributed by atoms with Gasteiger partial charge in [0.25, 0.3) is 0 Å². The molecule has 110 valence electrons. The first-order valence-corrected chi connectivity index (χ1v) is 7.72. The summed E-state index contributed by atoms with van der Waals surface area (Å²) in [7, 11) is 0. The van der Waals surface area contributed by atoms with Gasteiger partial charge in [-0.1, -0.05) is 43.2 Å². The number of benzene rings is 1. The van der Waals surface area contributed by atoms with E-state index in [-0.39, 0.29) is 6.04 Å². The number of nitrogens with zero attached hydrogens (tertiary/aromatic N) is 2. The first-order valence-electron chi connectivity index (χ1n) is 7.72. The maximum absolute atomic E-state index is 4.57. The maximum atomic E-state index is 4.57. The van der Waals surface area contributed by atoms with Gasteiger partial charge in [-0.15, -0.1) is 0 Å². The van der Waals surface area contributed by atoms with Gasteiger partial charge in [0.15, 0.2) is 0 Å². The van der Waals surface area contributed by atoms with Crippen molar-refractivity contribution in [3.05, 3.63) is 48.2 Å². The fraction of sp³-hybridized carbons (Fsp3) is 0.412. The average Bonchev–Trinajstić information content (AvgIpc) is 3.01. The van der Waals surface area contributed by atoms with Crippen molar-refractivity contribution < 1.29 is 0 Å². The molecule has 1 saturated carbocycles. The van der Waals surface area contributed by atoms with Gasteiger partial charge in [0.2, 0.25) is 5.95 Å². The van der Waals surface area contributed by atoms with Gasteiger partial charge in [0, 0.05) is 12.2 Å². The van der Waals surface area contributed by atoms with E-state index in [4.69, 9.17) is 0 Å². The van der Waals surface area contributed by atoms with Crippen LogP contribution in [0, 0.1) is 0 Å². The van der Waals surface area contributed by atoms with Crippen molar-refractivity contribution in [2.75, 3.05) is 10.6 Å². The van der Waals surface area contributed by atoms with E-state index >= 15 is 0 Å². The van der Waals surface area contributed by atoms with E-state index in [0.717, 1.165) is 5.82 Å². The van der Waals surface area contributed by atoms with Crippen molar-refractivity contribution in [2.24, 2.45) is 0 Å². The minimum absolute atomic E-state index is 0.188. The van der Waals surface area contributed by atoms with Crippen LogP contribution in [0.5, 0.6) is 0 Å². The Morgan fingerprint density at radius 3 is 2.62 bits per heavy atom. The van der Waals surface area contributed by atoms with Gasteiger partial charge in [0.1, 0.15) is 5.82 Å². The van der Waals surface area contributed by atoms with Crippen LogP contribution < -0.4 is 10.6 Å². The summed E-state index contributed by atoms with van der Waals surface area (Å²) >= 11 is 0. The van der Waals surface area contributed by atoms with Crippen molar-refractivity contribution >= 4 is 11.8 Å². The largest absolute Gasteiger partial charge is 0.367 e. The Morgan fingerprint density at radius 2 is 1.86 bits per heavy atom. The van der Waals surface area contributed by atoms with Crippen LogP contribution in [-0.2, 0) is 0 Å². The Bertz CT molecular complexity index is 564. The first kappa shape index (κ1) is 13.9. The van der Waals surface area contributed by atoms with Crippen LogP contribution in [0.4, 0.5) is 11.8 Å². The van der Waals surface area contributed by atoms with Gasteiger partial charge < -0.3 is 10.6 Å². The van der Waals surface area contributed by atoms with Crippen molar-refractivity contribution in [3.8, 4) is 0 Å². The summed E-state index contributed by atoms with van der Waals surface area (Å²) in [6.07, 6.45) is 6.93. The maximum Gasteiger partial charge on any atom is 0.225 e. The number of rotatable bonds is 5. The molecule has 0 amide bonds. The lowest BCUT2D eigenvalue weighted by atomic mass is 10.1. The average molecular weight is 282 g/mol. The first-order chi connectivity index (χ1) is 10.3. The van der Waals surface area contributed by atoms with Gasteiger partial charge in [-0.25, -0.2) is 4.98 Å². The van der Waals surface area contributed by atoms with Crippen molar-refractivity contribution in [2.45, 2.75) is 44.7 Å². The Hall–Kier alpha value is -2.10. The lowest BCUT2D eigenvalue weighted by Crippen LogP contribution is -2.16. The molecule has 1 fully saturated rings. The molecular formula is C17H22N4. The number of hydrogen-bond acceptors (Lipinski definition) is 4. The Kier molecular flexibility index (Phi) is 4.34. The second-order valence-electron chi connectivity index (χ2n) is 5.67. The zero-order valence-corrected chi connectivity index (χ0v) is 12.4. The molecular weight excluding hydrogens is 260 g/mol. The van der Waals surface area contributed by atoms with Gasteiger partial charge in [-0.3, -0.25) is 0 Å². The third-order valence-corrected chi connectivity index (χ3v) is 4.01. The van der Waals surface area contributed by atoms with Crippen LogP contribution in [0.15, 0.2) is 42.6 Å². The molecule has 1 atom stereocenters. The number of hydrogen-bond donors (Lipinski definition) is 2. The molecule has 3 rings (SSSR count). The quantitative estimate of drug-likeness (QED) is 0.870. The Morgan fingerprint density at radius 1 is 1.10 bits per heavy atom. The van der Waals surface area contributed by atoms with E-state index in [1.807, 2.05) is 30.5 Å². The van der Waals surface area contributed by atoms with Crippen molar-refractivity contribution in [3.63, 3.8) is 0 Å². The Balaban J connectivity index is 1.65. The van der Waals surface area contributed by atoms with E-state index in [0.29, 0.717) is 12.0 Å². The second-order valence-corrected chi connectivity index (χ2v) is 5.67. The Labute approximate surface area is 126 Å². The summed E-state index contributed by atoms with van der Waals surface area (Å²) in [4.78, 5) is 8.89. The highest BCUT2D eigenvalue weighted by molar-refractivity contribution is 5.41. The highest BCUT2D eigenvalue weighted by Gasteiger charge is 2.15. The van der Waals surface area contributed by atoms with Crippen LogP contribution in [0.3, 0.4) is 0 Å². The normalized spacial score (nSPS) is 16.6. The summed E-state index contributed by atoms with van der Waals surface area (Å²) in [6.45, 7) is 2.12. The van der Waals surface area contributed by atoms with E-state index in [2.05, 4.69) is 39.7 Å². The molecule has 1 aliphatic rings. The molecule has 0 spiro atoms. The number of anilines is 2. The molecule has 2 N–H and O–H groups in total. The minimum atomic E-state index is 0.188. The van der Waals surface area contributed by atoms with Gasteiger partial charge in [-0.05, 0) is 31.4 Å². The van der Waals surface area contributed by atoms with Crippen LogP contribution >= 0.6 is 0 Å². The molecule has 4 heteroatoms. The zero-order valence-electron chi connectivity index (χ0n) is 12.4. The number of nitrogens with one attached hydrogen (secondary N) is 2. The second kappa shape index (κ2) is 6.57. The van der Waals surface area contributed by atoms with E-state index in [9.17, 15) is 0 Å². The van der Waals surface area contributed by atoms with E-state index < -0.39 is 0 Å². The highest BCUT2D eigenvalue weighted by atomic mass is 15.2. The monoisotopic (exact) mass is 282 g/mol. The van der Waals surface area contributed by atoms with E-state index in [1.54, 1.807) is 0 Å². The molecule has 1 heterocycles. The van der Waals surface area contributed by atoms with Crippen LogP contribution in [0.1, 0.15) is 44.2 Å². The lowest BCUT2D eigenvalue weighted by molar-refractivity contribution is 0.749. The van der Waals surface area contributed by atoms with Crippen LogP contribution in [0.2, 0.25) is 0 Å². The zero-order chi connectivity index (χ0) is 14.5. The highest BCUT2D eigenvalue weighted by Crippen LogP contribution is 2.22. The molecule has 21 heavy (non-hydrogen) atoms. The van der Waals surface area contributed by atoms with Crippen molar-refractivity contribution in [1.82, 2.24) is 9.97 Å². The summed E-state index contributed by atoms with van der Waals surface area (Å²) in [5, 5.41) is 6.86. The molecule has 0 aliphatic heterocycles. The van der Waals surface area contributed by atoms with Crippen LogP contribution in [-0.4, -0.2) is 16.0 Å². The molecule has 4 nitrogen and oxygen atoms in total. The third kappa shape index (κ3) is 3.72. The number of aromatic nitrogens is 2. The third-order valence-electron chi connectivity index (χ3n) is 4.01. The van der Waals surface area contributed by atoms with Crippen molar-refractivity contribution in [1.29, 1.82) is 0 Å². The molecule has 1 unspecified atom stereocenters. The topological polar surface area (TPSA) is 49.8 Å². The molecule has 1 aliphatic carbocycles. The standard InChI is InChI=1S/C17H22N4/c1-13(14-7-3-2-4-8-14)19-17-18-12-11-16(21-17)20-15-9-5-6-10-15/h2-4,7-8,11-13,15H,5-6,9-10H2,1H3,(H2,18,19,20,21). The molecule has 1 aromatic carbocycles. The predicted octanol–water partition coefficient (Wildman–Crippen LogP) is 4.00. The van der Waals surface area contributed by atoms with Crippen LogP contribution in [0.25, 0.3) is 0 Å². The fourth-order valence-corrected chi connectivity index (χ4v) is 2.81. The van der Waals surface area contributed by atoms with Gasteiger partial charge >= 0.3 is 0 Å². The van der Waals surface area contributed by atoms with Gasteiger partial charge in [0.05, 0.1) is 6.04 Å². The minimum Gasteiger partial charge on any atom is -0.367 e.